The van der Waals surface area contributed by atoms with Crippen LogP contribution < -0.4 is 0 Å². The highest BCUT2D eigenvalue weighted by atomic mass is 16.2. The highest BCUT2D eigenvalue weighted by Gasteiger charge is 2.51. The van der Waals surface area contributed by atoms with Gasteiger partial charge in [-0.1, -0.05) is 69.9 Å². The minimum absolute atomic E-state index is 0.135. The van der Waals surface area contributed by atoms with Gasteiger partial charge in [-0.25, -0.2) is 0 Å². The zero-order valence-electron chi connectivity index (χ0n) is 24.0. The second-order valence-electron chi connectivity index (χ2n) is 12.3. The molecule has 1 saturated heterocycles. The third kappa shape index (κ3) is 6.30. The summed E-state index contributed by atoms with van der Waals surface area (Å²) in [6.45, 7) is 16.9. The summed E-state index contributed by atoms with van der Waals surface area (Å²) in [6, 6.07) is 8.00. The fourth-order valence-corrected chi connectivity index (χ4v) is 6.67. The van der Waals surface area contributed by atoms with Gasteiger partial charge >= 0.3 is 0 Å². The third-order valence-electron chi connectivity index (χ3n) is 9.66. The van der Waals surface area contributed by atoms with Crippen LogP contribution >= 0.6 is 0 Å². The molecule has 0 N–H and O–H groups in total. The first-order valence-corrected chi connectivity index (χ1v) is 14.8. The molecule has 2 amide bonds. The highest BCUT2D eigenvalue weighted by molar-refractivity contribution is 5.94. The summed E-state index contributed by atoms with van der Waals surface area (Å²) in [7, 11) is 0. The minimum atomic E-state index is 0.135. The van der Waals surface area contributed by atoms with Crippen molar-refractivity contribution in [3.8, 4) is 0 Å². The van der Waals surface area contributed by atoms with Crippen molar-refractivity contribution < 1.29 is 9.59 Å². The molecule has 2 bridgehead atoms. The minimum Gasteiger partial charge on any atom is -0.340 e. The van der Waals surface area contributed by atoms with Crippen LogP contribution in [0.4, 0.5) is 0 Å². The van der Waals surface area contributed by atoms with Crippen LogP contribution in [0.2, 0.25) is 0 Å². The topological polar surface area (TPSA) is 43.9 Å². The summed E-state index contributed by atoms with van der Waals surface area (Å²) in [5.74, 6) is 2.06. The number of fused-ring (bicyclic) bond motifs is 1. The van der Waals surface area contributed by atoms with Crippen LogP contribution in [0.3, 0.4) is 0 Å². The molecule has 5 heteroatoms. The molecule has 5 rings (SSSR count). The van der Waals surface area contributed by atoms with E-state index >= 15 is 0 Å². The largest absolute Gasteiger partial charge is 0.340 e. The molecule has 1 aromatic rings. The lowest BCUT2D eigenvalue weighted by Crippen LogP contribution is -2.53. The van der Waals surface area contributed by atoms with E-state index in [1.807, 2.05) is 24.3 Å². The molecule has 204 valence electrons. The van der Waals surface area contributed by atoms with Gasteiger partial charge in [-0.05, 0) is 62.0 Å². The SMILES string of the molecule is CCCCC(CC)C(=O)N1CCN(CCN(CC2=CCC3CC2C3(C)C)C(=O)c2ccc(C)cc2)CC1. The van der Waals surface area contributed by atoms with Gasteiger partial charge in [-0.15, -0.1) is 0 Å². The Morgan fingerprint density at radius 3 is 2.38 bits per heavy atom. The van der Waals surface area contributed by atoms with Gasteiger partial charge in [0, 0.05) is 57.3 Å². The van der Waals surface area contributed by atoms with Crippen molar-refractivity contribution in [3.63, 3.8) is 0 Å². The van der Waals surface area contributed by atoms with E-state index in [9.17, 15) is 9.59 Å². The zero-order chi connectivity index (χ0) is 26.6. The van der Waals surface area contributed by atoms with Gasteiger partial charge in [0.15, 0.2) is 0 Å². The molecule has 5 nitrogen and oxygen atoms in total. The Labute approximate surface area is 225 Å². The van der Waals surface area contributed by atoms with E-state index in [1.165, 1.54) is 17.6 Å². The molecular weight excluding hydrogens is 458 g/mol. The van der Waals surface area contributed by atoms with E-state index < -0.39 is 0 Å². The first-order valence-electron chi connectivity index (χ1n) is 14.8. The van der Waals surface area contributed by atoms with Crippen LogP contribution in [0.15, 0.2) is 35.9 Å². The van der Waals surface area contributed by atoms with Crippen molar-refractivity contribution in [2.24, 2.45) is 23.2 Å². The van der Waals surface area contributed by atoms with Crippen LogP contribution in [0.25, 0.3) is 0 Å². The Kier molecular flexibility index (Phi) is 9.15. The number of amides is 2. The number of aryl methyl sites for hydroxylation is 1. The molecule has 1 heterocycles. The number of hydrogen-bond donors (Lipinski definition) is 0. The number of nitrogens with zero attached hydrogens (tertiary/aromatic N) is 3. The lowest BCUT2D eigenvalue weighted by Gasteiger charge is -2.57. The standard InChI is InChI=1S/C32H49N3O2/c1-6-8-9-25(7-2)30(36)34-19-16-33(17-20-34)18-21-35(31(37)26-12-10-24(3)11-13-26)23-27-14-15-28-22-29(27)32(28,4)5/h10-14,25,28-29H,6-9,15-23H2,1-5H3. The normalized spacial score (nSPS) is 23.7. The van der Waals surface area contributed by atoms with Crippen molar-refractivity contribution in [1.82, 2.24) is 14.7 Å². The Bertz CT molecular complexity index is 959. The number of rotatable bonds is 11. The summed E-state index contributed by atoms with van der Waals surface area (Å²) < 4.78 is 0. The molecule has 0 radical (unpaired) electrons. The molecule has 3 aliphatic carbocycles. The van der Waals surface area contributed by atoms with E-state index in [2.05, 4.69) is 55.4 Å². The maximum absolute atomic E-state index is 13.6. The van der Waals surface area contributed by atoms with Crippen molar-refractivity contribution >= 4 is 11.8 Å². The van der Waals surface area contributed by atoms with Gasteiger partial charge in [-0.2, -0.15) is 0 Å². The molecule has 0 spiro atoms. The number of carbonyl (C=O) groups excluding carboxylic acids is 2. The third-order valence-corrected chi connectivity index (χ3v) is 9.66. The van der Waals surface area contributed by atoms with Gasteiger partial charge in [0.05, 0.1) is 0 Å². The van der Waals surface area contributed by atoms with Crippen LogP contribution in [-0.2, 0) is 4.79 Å². The monoisotopic (exact) mass is 507 g/mol. The maximum Gasteiger partial charge on any atom is 0.254 e. The van der Waals surface area contributed by atoms with Gasteiger partial charge in [-0.3, -0.25) is 14.5 Å². The van der Waals surface area contributed by atoms with E-state index in [-0.39, 0.29) is 11.8 Å². The second-order valence-corrected chi connectivity index (χ2v) is 12.3. The fraction of sp³-hybridized carbons (Fsp3) is 0.688. The first kappa shape index (κ1) is 27.9. The summed E-state index contributed by atoms with van der Waals surface area (Å²) in [6.07, 6.45) is 9.07. The number of benzene rings is 1. The van der Waals surface area contributed by atoms with Gasteiger partial charge in [0.1, 0.15) is 0 Å². The molecule has 3 atom stereocenters. The van der Waals surface area contributed by atoms with Crippen molar-refractivity contribution in [1.29, 1.82) is 0 Å². The highest BCUT2D eigenvalue weighted by Crippen LogP contribution is 2.59. The predicted molar refractivity (Wildman–Crippen MR) is 151 cm³/mol. The van der Waals surface area contributed by atoms with Crippen molar-refractivity contribution in [2.75, 3.05) is 45.8 Å². The predicted octanol–water partition coefficient (Wildman–Crippen LogP) is 5.79. The number of hydrogen-bond acceptors (Lipinski definition) is 3. The Morgan fingerprint density at radius 1 is 1.08 bits per heavy atom. The molecule has 3 unspecified atom stereocenters. The van der Waals surface area contributed by atoms with Gasteiger partial charge in [0.2, 0.25) is 5.91 Å². The number of unbranched alkanes of at least 4 members (excludes halogenated alkanes) is 1. The fourth-order valence-electron chi connectivity index (χ4n) is 6.67. The van der Waals surface area contributed by atoms with Crippen LogP contribution in [-0.4, -0.2) is 72.3 Å². The summed E-state index contributed by atoms with van der Waals surface area (Å²) in [5.41, 5.74) is 3.77. The average molecular weight is 508 g/mol. The molecule has 4 aliphatic rings. The van der Waals surface area contributed by atoms with Crippen molar-refractivity contribution in [2.45, 2.75) is 73.1 Å². The van der Waals surface area contributed by atoms with E-state index in [1.54, 1.807) is 0 Å². The lowest BCUT2D eigenvalue weighted by atomic mass is 9.49. The van der Waals surface area contributed by atoms with E-state index in [4.69, 9.17) is 0 Å². The molecule has 0 aromatic heterocycles. The van der Waals surface area contributed by atoms with Gasteiger partial charge in [0.25, 0.3) is 5.91 Å². The maximum atomic E-state index is 13.6. The molecule has 1 aliphatic heterocycles. The number of allylic oxidation sites excluding steroid dienone is 1. The Hall–Kier alpha value is -2.14. The molecule has 1 saturated carbocycles. The van der Waals surface area contributed by atoms with E-state index in [0.29, 0.717) is 17.2 Å². The smallest absolute Gasteiger partial charge is 0.254 e. The van der Waals surface area contributed by atoms with Crippen LogP contribution in [0.5, 0.6) is 0 Å². The molecular formula is C32H49N3O2. The first-order chi connectivity index (χ1) is 17.7. The lowest BCUT2D eigenvalue weighted by molar-refractivity contribution is -0.137. The second kappa shape index (κ2) is 12.1. The van der Waals surface area contributed by atoms with Gasteiger partial charge < -0.3 is 9.80 Å². The quantitative estimate of drug-likeness (QED) is 0.356. The summed E-state index contributed by atoms with van der Waals surface area (Å²) in [5, 5.41) is 0. The van der Waals surface area contributed by atoms with E-state index in [0.717, 1.165) is 89.4 Å². The van der Waals surface area contributed by atoms with Crippen molar-refractivity contribution in [3.05, 3.63) is 47.0 Å². The average Bonchev–Trinajstić information content (AvgIpc) is 2.91. The number of piperazine rings is 1. The van der Waals surface area contributed by atoms with Crippen LogP contribution in [0, 0.1) is 30.1 Å². The summed E-state index contributed by atoms with van der Waals surface area (Å²) in [4.78, 5) is 33.3. The molecule has 1 aromatic carbocycles. The van der Waals surface area contributed by atoms with Crippen LogP contribution in [0.1, 0.15) is 82.1 Å². The zero-order valence-corrected chi connectivity index (χ0v) is 24.0. The molecule has 37 heavy (non-hydrogen) atoms. The number of carbonyl (C=O) groups is 2. The summed E-state index contributed by atoms with van der Waals surface area (Å²) >= 11 is 0. The molecule has 2 fully saturated rings. The Balaban J connectivity index is 1.36. The Morgan fingerprint density at radius 2 is 1.78 bits per heavy atom.